The lowest BCUT2D eigenvalue weighted by Crippen LogP contribution is -2.18. The van der Waals surface area contributed by atoms with E-state index in [9.17, 15) is 13.6 Å². The molecule has 2 rings (SSSR count). The van der Waals surface area contributed by atoms with E-state index in [2.05, 4.69) is 15.2 Å². The number of nitrogens with zero attached hydrogens (tertiary/aromatic N) is 1. The van der Waals surface area contributed by atoms with E-state index in [0.717, 1.165) is 0 Å². The van der Waals surface area contributed by atoms with E-state index in [1.807, 2.05) is 0 Å². The van der Waals surface area contributed by atoms with Gasteiger partial charge in [-0.3, -0.25) is 4.79 Å². The molecule has 0 aromatic heterocycles. The van der Waals surface area contributed by atoms with Gasteiger partial charge in [0.1, 0.15) is 5.75 Å². The Morgan fingerprint density at radius 1 is 1.21 bits per heavy atom. The van der Waals surface area contributed by atoms with Crippen molar-refractivity contribution in [2.45, 2.75) is 6.61 Å². The van der Waals surface area contributed by atoms with Gasteiger partial charge in [0.05, 0.1) is 31.1 Å². The van der Waals surface area contributed by atoms with Crippen LogP contribution in [0.2, 0.25) is 5.02 Å². The van der Waals surface area contributed by atoms with Crippen molar-refractivity contribution in [3.8, 4) is 17.2 Å². The molecular formula is C18H17ClF2N2O5. The van der Waals surface area contributed by atoms with E-state index >= 15 is 0 Å². The molecule has 1 N–H and O–H groups in total. The van der Waals surface area contributed by atoms with Gasteiger partial charge < -0.3 is 24.4 Å². The highest BCUT2D eigenvalue weighted by Crippen LogP contribution is 2.35. The largest absolute Gasteiger partial charge is 0.493 e. The zero-order chi connectivity index (χ0) is 20.5. The number of para-hydroxylation sites is 2. The fourth-order valence-electron chi connectivity index (χ4n) is 2.16. The van der Waals surface area contributed by atoms with Gasteiger partial charge in [0, 0.05) is 5.56 Å². The zero-order valence-corrected chi connectivity index (χ0v) is 15.7. The average Bonchev–Trinajstić information content (AvgIpc) is 2.66. The quantitative estimate of drug-likeness (QED) is 0.496. The van der Waals surface area contributed by atoms with E-state index in [4.69, 9.17) is 25.9 Å². The standard InChI is InChI=1S/C18H17ClF2N2O5/c1-25-15-8-11(7-12(19)17(15)26-2)9-22-27-10-16(24)23-13-5-3-4-6-14(13)28-18(20)21/h3-9,18H,10H2,1-2H3,(H,23,24)/b22-9-. The topological polar surface area (TPSA) is 78.4 Å². The molecule has 0 aliphatic carbocycles. The number of rotatable bonds is 9. The second-order valence-corrected chi connectivity index (χ2v) is 5.58. The lowest BCUT2D eigenvalue weighted by Gasteiger charge is -2.11. The van der Waals surface area contributed by atoms with Crippen molar-refractivity contribution < 1.29 is 32.6 Å². The Morgan fingerprint density at radius 3 is 2.64 bits per heavy atom. The Hall–Kier alpha value is -3.07. The van der Waals surface area contributed by atoms with E-state index in [1.54, 1.807) is 18.2 Å². The van der Waals surface area contributed by atoms with E-state index in [-0.39, 0.29) is 11.4 Å². The number of hydrogen-bond acceptors (Lipinski definition) is 6. The molecule has 1 amide bonds. The Kier molecular flexibility index (Phi) is 7.82. The summed E-state index contributed by atoms with van der Waals surface area (Å²) in [6.45, 7) is -3.45. The lowest BCUT2D eigenvalue weighted by molar-refractivity contribution is -0.120. The van der Waals surface area contributed by atoms with Gasteiger partial charge in [-0.1, -0.05) is 28.9 Å². The molecule has 0 saturated heterocycles. The normalized spacial score (nSPS) is 10.8. The summed E-state index contributed by atoms with van der Waals surface area (Å²) in [5, 5.41) is 6.39. The molecule has 0 atom stereocenters. The number of anilines is 1. The molecule has 0 radical (unpaired) electrons. The van der Waals surface area contributed by atoms with Crippen molar-refractivity contribution in [1.82, 2.24) is 0 Å². The molecule has 0 bridgehead atoms. The SMILES string of the molecule is COc1cc(/C=N\OCC(=O)Nc2ccccc2OC(F)F)cc(Cl)c1OC. The minimum absolute atomic E-state index is 0.0899. The third kappa shape index (κ3) is 5.98. The third-order valence-electron chi connectivity index (χ3n) is 3.31. The number of alkyl halides is 2. The molecule has 0 spiro atoms. The fraction of sp³-hybridized carbons (Fsp3) is 0.222. The number of carbonyl (C=O) groups is 1. The lowest BCUT2D eigenvalue weighted by atomic mass is 10.2. The van der Waals surface area contributed by atoms with Crippen molar-refractivity contribution in [3.63, 3.8) is 0 Å². The Bertz CT molecular complexity index is 849. The molecule has 0 unspecified atom stereocenters. The molecule has 2 aromatic carbocycles. The first-order valence-corrected chi connectivity index (χ1v) is 8.23. The van der Waals surface area contributed by atoms with Crippen LogP contribution in [0.4, 0.5) is 14.5 Å². The molecule has 0 fully saturated rings. The van der Waals surface area contributed by atoms with Gasteiger partial charge in [-0.15, -0.1) is 0 Å². The molecule has 7 nitrogen and oxygen atoms in total. The Labute approximate surface area is 164 Å². The first kappa shape index (κ1) is 21.2. The molecule has 2 aromatic rings. The number of oxime groups is 1. The van der Waals surface area contributed by atoms with Crippen LogP contribution in [0.5, 0.6) is 17.2 Å². The smallest absolute Gasteiger partial charge is 0.387 e. The van der Waals surface area contributed by atoms with Crippen LogP contribution in [0, 0.1) is 0 Å². The van der Waals surface area contributed by atoms with Crippen LogP contribution < -0.4 is 19.5 Å². The van der Waals surface area contributed by atoms with E-state index < -0.39 is 19.1 Å². The van der Waals surface area contributed by atoms with Crippen molar-refractivity contribution in [1.29, 1.82) is 0 Å². The minimum Gasteiger partial charge on any atom is -0.493 e. The highest BCUT2D eigenvalue weighted by Gasteiger charge is 2.12. The van der Waals surface area contributed by atoms with Crippen LogP contribution in [-0.2, 0) is 9.63 Å². The minimum atomic E-state index is -3.01. The van der Waals surface area contributed by atoms with Gasteiger partial charge >= 0.3 is 6.61 Å². The zero-order valence-electron chi connectivity index (χ0n) is 14.9. The fourth-order valence-corrected chi connectivity index (χ4v) is 2.46. The number of ether oxygens (including phenoxy) is 3. The second-order valence-electron chi connectivity index (χ2n) is 5.17. The summed E-state index contributed by atoms with van der Waals surface area (Å²) in [4.78, 5) is 16.8. The third-order valence-corrected chi connectivity index (χ3v) is 3.59. The molecule has 0 saturated carbocycles. The van der Waals surface area contributed by atoms with Gasteiger partial charge in [-0.05, 0) is 24.3 Å². The summed E-state index contributed by atoms with van der Waals surface area (Å²) >= 11 is 6.08. The van der Waals surface area contributed by atoms with Gasteiger partial charge in [0.2, 0.25) is 0 Å². The molecule has 0 heterocycles. The highest BCUT2D eigenvalue weighted by atomic mass is 35.5. The summed E-state index contributed by atoms with van der Waals surface area (Å²) in [6, 6.07) is 8.99. The highest BCUT2D eigenvalue weighted by molar-refractivity contribution is 6.32. The maximum absolute atomic E-state index is 12.4. The number of halogens is 3. The summed E-state index contributed by atoms with van der Waals surface area (Å²) in [5.41, 5.74) is 0.644. The van der Waals surface area contributed by atoms with E-state index in [0.29, 0.717) is 22.1 Å². The molecular weight excluding hydrogens is 398 g/mol. The Balaban J connectivity index is 1.93. The van der Waals surface area contributed by atoms with Gasteiger partial charge in [-0.25, -0.2) is 0 Å². The van der Waals surface area contributed by atoms with Gasteiger partial charge in [0.25, 0.3) is 5.91 Å². The summed E-state index contributed by atoms with van der Waals surface area (Å²) < 4.78 is 39.4. The monoisotopic (exact) mass is 414 g/mol. The predicted molar refractivity (Wildman–Crippen MR) is 99.8 cm³/mol. The average molecular weight is 415 g/mol. The van der Waals surface area contributed by atoms with Crippen molar-refractivity contribution in [2.24, 2.45) is 5.16 Å². The van der Waals surface area contributed by atoms with Crippen molar-refractivity contribution in [2.75, 3.05) is 26.1 Å². The molecule has 10 heteroatoms. The maximum Gasteiger partial charge on any atom is 0.387 e. The molecule has 28 heavy (non-hydrogen) atoms. The molecule has 0 aliphatic rings. The van der Waals surface area contributed by atoms with Crippen molar-refractivity contribution >= 4 is 29.4 Å². The van der Waals surface area contributed by atoms with Crippen LogP contribution in [0.15, 0.2) is 41.6 Å². The van der Waals surface area contributed by atoms with Crippen LogP contribution in [0.25, 0.3) is 0 Å². The summed E-state index contributed by atoms with van der Waals surface area (Å²) in [6.07, 6.45) is 1.33. The number of hydrogen-bond donors (Lipinski definition) is 1. The first-order chi connectivity index (χ1) is 13.4. The van der Waals surface area contributed by atoms with Gasteiger partial charge in [0.15, 0.2) is 18.1 Å². The number of amides is 1. The van der Waals surface area contributed by atoms with Crippen LogP contribution in [0.3, 0.4) is 0 Å². The Morgan fingerprint density at radius 2 is 1.96 bits per heavy atom. The number of methoxy groups -OCH3 is 2. The first-order valence-electron chi connectivity index (χ1n) is 7.85. The van der Waals surface area contributed by atoms with Crippen LogP contribution >= 0.6 is 11.6 Å². The maximum atomic E-state index is 12.4. The van der Waals surface area contributed by atoms with Crippen LogP contribution in [-0.4, -0.2) is 39.6 Å². The number of nitrogens with one attached hydrogen (secondary N) is 1. The van der Waals surface area contributed by atoms with Crippen molar-refractivity contribution in [3.05, 3.63) is 47.0 Å². The molecule has 0 aliphatic heterocycles. The summed E-state index contributed by atoms with van der Waals surface area (Å²) in [7, 11) is 2.93. The second kappa shape index (κ2) is 10.3. The number of benzene rings is 2. The van der Waals surface area contributed by atoms with E-state index in [1.165, 1.54) is 38.6 Å². The van der Waals surface area contributed by atoms with Crippen LogP contribution in [0.1, 0.15) is 5.56 Å². The number of carbonyl (C=O) groups excluding carboxylic acids is 1. The predicted octanol–water partition coefficient (Wildman–Crippen LogP) is 3.95. The molecule has 150 valence electrons. The van der Waals surface area contributed by atoms with Gasteiger partial charge in [-0.2, -0.15) is 8.78 Å². The summed E-state index contributed by atoms with van der Waals surface area (Å²) in [5.74, 6) is 0.0262.